The molecule has 2 unspecified atom stereocenters. The van der Waals surface area contributed by atoms with Crippen molar-refractivity contribution in [1.82, 2.24) is 4.90 Å². The van der Waals surface area contributed by atoms with Gasteiger partial charge >= 0.3 is 5.97 Å². The maximum atomic E-state index is 12.1. The first-order valence-electron chi connectivity index (χ1n) is 6.92. The van der Waals surface area contributed by atoms with E-state index in [2.05, 4.69) is 0 Å². The number of hydrogen-bond acceptors (Lipinski definition) is 4. The quantitative estimate of drug-likeness (QED) is 0.899. The van der Waals surface area contributed by atoms with Gasteiger partial charge in [-0.05, 0) is 30.0 Å². The predicted octanol–water partition coefficient (Wildman–Crippen LogP) is 1.10. The molecule has 112 valence electrons. The third kappa shape index (κ3) is 2.79. The zero-order valence-electron chi connectivity index (χ0n) is 11.7. The van der Waals surface area contributed by atoms with Gasteiger partial charge in [0, 0.05) is 13.0 Å². The van der Waals surface area contributed by atoms with Crippen molar-refractivity contribution in [3.63, 3.8) is 0 Å². The first-order valence-corrected chi connectivity index (χ1v) is 6.92. The maximum Gasteiger partial charge on any atom is 0.323 e. The summed E-state index contributed by atoms with van der Waals surface area (Å²) in [5, 5.41) is 8.73. The molecule has 6 heteroatoms. The van der Waals surface area contributed by atoms with Gasteiger partial charge in [-0.25, -0.2) is 0 Å². The second kappa shape index (κ2) is 5.27. The molecule has 1 aromatic rings. The van der Waals surface area contributed by atoms with E-state index in [1.165, 1.54) is 11.9 Å². The van der Waals surface area contributed by atoms with Crippen molar-refractivity contribution in [3.05, 3.63) is 23.8 Å². The number of amides is 1. The first kappa shape index (κ1) is 13.7. The van der Waals surface area contributed by atoms with Crippen LogP contribution in [0.5, 0.6) is 11.5 Å². The van der Waals surface area contributed by atoms with Crippen molar-refractivity contribution < 1.29 is 24.2 Å². The lowest BCUT2D eigenvalue weighted by molar-refractivity contribution is -0.144. The van der Waals surface area contributed by atoms with Gasteiger partial charge in [0.05, 0.1) is 0 Å². The van der Waals surface area contributed by atoms with Crippen LogP contribution in [0.3, 0.4) is 0 Å². The van der Waals surface area contributed by atoms with E-state index in [0.29, 0.717) is 13.2 Å². The highest BCUT2D eigenvalue weighted by molar-refractivity contribution is 5.86. The molecular weight excluding hydrogens is 274 g/mol. The lowest BCUT2D eigenvalue weighted by atomic mass is 10.1. The van der Waals surface area contributed by atoms with E-state index in [1.54, 1.807) is 0 Å². The summed E-state index contributed by atoms with van der Waals surface area (Å²) in [5.41, 5.74) is 1.04. The molecule has 0 saturated heterocycles. The molecule has 0 bridgehead atoms. The molecule has 1 aliphatic heterocycles. The van der Waals surface area contributed by atoms with Gasteiger partial charge in [-0.15, -0.1) is 0 Å². The van der Waals surface area contributed by atoms with Crippen molar-refractivity contribution in [2.75, 3.05) is 26.8 Å². The van der Waals surface area contributed by atoms with E-state index in [9.17, 15) is 9.59 Å². The van der Waals surface area contributed by atoms with Crippen LogP contribution in [0.1, 0.15) is 17.9 Å². The Bertz CT molecular complexity index is 585. The minimum absolute atomic E-state index is 0.114. The minimum atomic E-state index is -0.998. The van der Waals surface area contributed by atoms with E-state index < -0.39 is 5.97 Å². The SMILES string of the molecule is CN(CC(=O)O)C(=O)C1CC1c1ccc2c(c1)OCCO2. The van der Waals surface area contributed by atoms with Crippen LogP contribution in [-0.4, -0.2) is 48.7 Å². The molecule has 0 radical (unpaired) electrons. The fraction of sp³-hybridized carbons (Fsp3) is 0.467. The summed E-state index contributed by atoms with van der Waals surface area (Å²) in [4.78, 5) is 24.0. The highest BCUT2D eigenvalue weighted by atomic mass is 16.6. The summed E-state index contributed by atoms with van der Waals surface area (Å²) in [6.07, 6.45) is 0.752. The molecule has 21 heavy (non-hydrogen) atoms. The largest absolute Gasteiger partial charge is 0.486 e. The number of carboxylic acid groups (broad SMARTS) is 1. The number of fused-ring (bicyclic) bond motifs is 1. The van der Waals surface area contributed by atoms with Crippen molar-refractivity contribution in [3.8, 4) is 11.5 Å². The number of aliphatic carboxylic acids is 1. The van der Waals surface area contributed by atoms with Crippen LogP contribution in [0.2, 0.25) is 0 Å². The van der Waals surface area contributed by atoms with E-state index in [4.69, 9.17) is 14.6 Å². The number of hydrogen-bond donors (Lipinski definition) is 1. The Balaban J connectivity index is 1.67. The third-order valence-corrected chi connectivity index (χ3v) is 3.85. The van der Waals surface area contributed by atoms with Gasteiger partial charge in [0.25, 0.3) is 0 Å². The van der Waals surface area contributed by atoms with Gasteiger partial charge in [-0.2, -0.15) is 0 Å². The number of likely N-dealkylation sites (N-methyl/N-ethyl adjacent to an activating group) is 1. The number of carbonyl (C=O) groups is 2. The van der Waals surface area contributed by atoms with Crippen LogP contribution in [0.4, 0.5) is 0 Å². The fourth-order valence-electron chi connectivity index (χ4n) is 2.69. The molecule has 0 aromatic heterocycles. The smallest absolute Gasteiger partial charge is 0.323 e. The fourth-order valence-corrected chi connectivity index (χ4v) is 2.69. The molecule has 1 saturated carbocycles. The summed E-state index contributed by atoms with van der Waals surface area (Å²) in [6, 6.07) is 5.73. The van der Waals surface area contributed by atoms with Gasteiger partial charge in [-0.3, -0.25) is 9.59 Å². The minimum Gasteiger partial charge on any atom is -0.486 e. The molecular formula is C15H17NO5. The topological polar surface area (TPSA) is 76.1 Å². The van der Waals surface area contributed by atoms with Crippen LogP contribution < -0.4 is 9.47 Å². The second-order valence-electron chi connectivity index (χ2n) is 5.44. The van der Waals surface area contributed by atoms with Crippen LogP contribution in [0, 0.1) is 5.92 Å². The van der Waals surface area contributed by atoms with Crippen molar-refractivity contribution in [1.29, 1.82) is 0 Å². The van der Waals surface area contributed by atoms with Gasteiger partial charge < -0.3 is 19.5 Å². The van der Waals surface area contributed by atoms with Gasteiger partial charge in [0.1, 0.15) is 19.8 Å². The van der Waals surface area contributed by atoms with Crippen LogP contribution in [0.15, 0.2) is 18.2 Å². The number of carbonyl (C=O) groups excluding carboxylic acids is 1. The lowest BCUT2D eigenvalue weighted by Crippen LogP contribution is -2.33. The number of nitrogens with zero attached hydrogens (tertiary/aromatic N) is 1. The number of rotatable bonds is 4. The molecule has 1 aliphatic carbocycles. The van der Waals surface area contributed by atoms with Gasteiger partial charge in [0.2, 0.25) is 5.91 Å². The van der Waals surface area contributed by atoms with Crippen molar-refractivity contribution in [2.24, 2.45) is 5.92 Å². The average molecular weight is 291 g/mol. The maximum absolute atomic E-state index is 12.1. The predicted molar refractivity (Wildman–Crippen MR) is 73.6 cm³/mol. The number of benzene rings is 1. The Morgan fingerprint density at radius 3 is 2.71 bits per heavy atom. The standard InChI is InChI=1S/C15H17NO5/c1-16(8-14(17)18)15(19)11-7-10(11)9-2-3-12-13(6-9)21-5-4-20-12/h2-3,6,10-11H,4-5,7-8H2,1H3,(H,17,18). The average Bonchev–Trinajstić information content (AvgIpc) is 3.25. The molecule has 2 aliphatic rings. The highest BCUT2D eigenvalue weighted by Gasteiger charge is 2.45. The molecule has 1 amide bonds. The highest BCUT2D eigenvalue weighted by Crippen LogP contribution is 2.50. The molecule has 6 nitrogen and oxygen atoms in total. The Labute approximate surface area is 122 Å². The van der Waals surface area contributed by atoms with E-state index >= 15 is 0 Å². The Hall–Kier alpha value is -2.24. The molecule has 1 fully saturated rings. The normalized spacial score (nSPS) is 22.5. The second-order valence-corrected chi connectivity index (χ2v) is 5.44. The van der Waals surface area contributed by atoms with E-state index in [-0.39, 0.29) is 24.3 Å². The molecule has 0 spiro atoms. The first-order chi connectivity index (χ1) is 10.1. The summed E-state index contributed by atoms with van der Waals surface area (Å²) in [7, 11) is 1.52. The summed E-state index contributed by atoms with van der Waals surface area (Å²) in [5.74, 6) is 0.355. The molecule has 1 heterocycles. The molecule has 1 N–H and O–H groups in total. The number of carboxylic acids is 1. The zero-order chi connectivity index (χ0) is 15.0. The lowest BCUT2D eigenvalue weighted by Gasteiger charge is -2.19. The monoisotopic (exact) mass is 291 g/mol. The van der Waals surface area contributed by atoms with Crippen molar-refractivity contribution in [2.45, 2.75) is 12.3 Å². The summed E-state index contributed by atoms with van der Waals surface area (Å²) in [6.45, 7) is 0.824. The summed E-state index contributed by atoms with van der Waals surface area (Å²) < 4.78 is 11.0. The third-order valence-electron chi connectivity index (χ3n) is 3.85. The molecule has 2 atom stereocenters. The summed E-state index contributed by atoms with van der Waals surface area (Å²) >= 11 is 0. The Morgan fingerprint density at radius 1 is 1.29 bits per heavy atom. The zero-order valence-corrected chi connectivity index (χ0v) is 11.7. The van der Waals surface area contributed by atoms with E-state index in [0.717, 1.165) is 23.5 Å². The van der Waals surface area contributed by atoms with Gasteiger partial charge in [0.15, 0.2) is 11.5 Å². The van der Waals surface area contributed by atoms with Gasteiger partial charge in [-0.1, -0.05) is 6.07 Å². The van der Waals surface area contributed by atoms with E-state index in [1.807, 2.05) is 18.2 Å². The van der Waals surface area contributed by atoms with Crippen molar-refractivity contribution >= 4 is 11.9 Å². The number of ether oxygens (including phenoxy) is 2. The molecule has 1 aromatic carbocycles. The van der Waals surface area contributed by atoms with Crippen LogP contribution in [0.25, 0.3) is 0 Å². The van der Waals surface area contributed by atoms with Crippen LogP contribution in [-0.2, 0) is 9.59 Å². The molecule has 3 rings (SSSR count). The Morgan fingerprint density at radius 2 is 2.00 bits per heavy atom. The Kier molecular flexibility index (Phi) is 3.45. The van der Waals surface area contributed by atoms with Crippen LogP contribution >= 0.6 is 0 Å².